The van der Waals surface area contributed by atoms with Crippen LogP contribution in [0.5, 0.6) is 5.75 Å². The lowest BCUT2D eigenvalue weighted by atomic mass is 9.94. The summed E-state index contributed by atoms with van der Waals surface area (Å²) in [6.45, 7) is 1.71. The van der Waals surface area contributed by atoms with Crippen LogP contribution in [-0.2, 0) is 14.3 Å². The maximum atomic E-state index is 13.5. The molecule has 6 heteroatoms. The van der Waals surface area contributed by atoms with Crippen LogP contribution in [-0.4, -0.2) is 55.2 Å². The summed E-state index contributed by atoms with van der Waals surface area (Å²) in [6.07, 6.45) is 2.42. The number of hydrogen-bond donors (Lipinski definition) is 0. The molecule has 0 N–H and O–H groups in total. The molecule has 0 saturated carbocycles. The molecule has 0 aliphatic carbocycles. The summed E-state index contributed by atoms with van der Waals surface area (Å²) >= 11 is 0. The Kier molecular flexibility index (Phi) is 5.81. The molecule has 2 aromatic carbocycles. The van der Waals surface area contributed by atoms with Crippen LogP contribution in [0, 0.1) is 0 Å². The zero-order valence-electron chi connectivity index (χ0n) is 16.5. The second-order valence-corrected chi connectivity index (χ2v) is 7.51. The van der Waals surface area contributed by atoms with Gasteiger partial charge in [-0.25, -0.2) is 0 Å². The fraction of sp³-hybridized carbons (Fsp3) is 0.391. The topological polar surface area (TPSA) is 59.1 Å². The number of carbonyl (C=O) groups excluding carboxylic acids is 2. The largest absolute Gasteiger partial charge is 0.484 e. The van der Waals surface area contributed by atoms with Gasteiger partial charge in [0.1, 0.15) is 5.75 Å². The molecule has 1 unspecified atom stereocenters. The molecule has 6 nitrogen and oxygen atoms in total. The van der Waals surface area contributed by atoms with Crippen LogP contribution in [0.25, 0.3) is 0 Å². The van der Waals surface area contributed by atoms with Gasteiger partial charge in [-0.2, -0.15) is 0 Å². The van der Waals surface area contributed by atoms with Crippen LogP contribution >= 0.6 is 0 Å². The van der Waals surface area contributed by atoms with E-state index >= 15 is 0 Å². The van der Waals surface area contributed by atoms with Gasteiger partial charge in [-0.05, 0) is 43.5 Å². The van der Waals surface area contributed by atoms with E-state index in [9.17, 15) is 9.59 Å². The van der Waals surface area contributed by atoms with E-state index < -0.39 is 5.60 Å². The molecule has 0 radical (unpaired) electrons. The third-order valence-electron chi connectivity index (χ3n) is 5.56. The predicted octanol–water partition coefficient (Wildman–Crippen LogP) is 2.88. The Morgan fingerprint density at radius 2 is 1.72 bits per heavy atom. The smallest absolute Gasteiger partial charge is 0.261 e. The monoisotopic (exact) mass is 394 g/mol. The Balaban J connectivity index is 1.47. The van der Waals surface area contributed by atoms with E-state index in [4.69, 9.17) is 9.47 Å². The molecule has 2 aromatic rings. The van der Waals surface area contributed by atoms with Crippen LogP contribution < -0.4 is 9.64 Å². The van der Waals surface area contributed by atoms with Gasteiger partial charge in [0, 0.05) is 18.8 Å². The molecular formula is C23H26N2O4. The molecule has 2 fully saturated rings. The van der Waals surface area contributed by atoms with Crippen LogP contribution in [0.4, 0.5) is 5.69 Å². The third kappa shape index (κ3) is 4.27. The quantitative estimate of drug-likeness (QED) is 0.800. The third-order valence-corrected chi connectivity index (χ3v) is 5.56. The Morgan fingerprint density at radius 3 is 2.48 bits per heavy atom. The van der Waals surface area contributed by atoms with E-state index in [1.54, 1.807) is 9.80 Å². The summed E-state index contributed by atoms with van der Waals surface area (Å²) in [7, 11) is 0. The lowest BCUT2D eigenvalue weighted by Gasteiger charge is -2.42. The van der Waals surface area contributed by atoms with Gasteiger partial charge in [0.15, 0.2) is 12.2 Å². The molecule has 0 aromatic heterocycles. The van der Waals surface area contributed by atoms with Crippen LogP contribution in [0.3, 0.4) is 0 Å². The first-order valence-electron chi connectivity index (χ1n) is 10.1. The Morgan fingerprint density at radius 1 is 1.00 bits per heavy atom. The number of rotatable bonds is 4. The van der Waals surface area contributed by atoms with E-state index in [2.05, 4.69) is 0 Å². The van der Waals surface area contributed by atoms with Crippen LogP contribution in [0.15, 0.2) is 60.7 Å². The minimum absolute atomic E-state index is 0.0450. The average molecular weight is 394 g/mol. The van der Waals surface area contributed by atoms with Crippen molar-refractivity contribution < 1.29 is 19.1 Å². The zero-order valence-corrected chi connectivity index (χ0v) is 16.5. The highest BCUT2D eigenvalue weighted by Crippen LogP contribution is 2.32. The van der Waals surface area contributed by atoms with Gasteiger partial charge in [0.2, 0.25) is 0 Å². The maximum Gasteiger partial charge on any atom is 0.261 e. The number of nitrogens with zero attached hydrogens (tertiary/aromatic N) is 2. The second-order valence-electron chi connectivity index (χ2n) is 7.51. The SMILES string of the molecule is O=C(COc1ccccc1)N1CCOC2(CCCCN(c3ccccc3)C2=O)C1. The Hall–Kier alpha value is -2.86. The average Bonchev–Trinajstić information content (AvgIpc) is 2.93. The lowest BCUT2D eigenvalue weighted by molar-refractivity contribution is -0.165. The van der Waals surface area contributed by atoms with E-state index in [1.165, 1.54) is 0 Å². The van der Waals surface area contributed by atoms with Crippen molar-refractivity contribution in [2.75, 3.05) is 37.7 Å². The predicted molar refractivity (Wildman–Crippen MR) is 110 cm³/mol. The van der Waals surface area contributed by atoms with Gasteiger partial charge >= 0.3 is 0 Å². The first-order valence-corrected chi connectivity index (χ1v) is 10.1. The molecule has 2 aliphatic heterocycles. The van der Waals surface area contributed by atoms with Gasteiger partial charge in [-0.15, -0.1) is 0 Å². The molecule has 2 heterocycles. The summed E-state index contributed by atoms with van der Waals surface area (Å²) in [4.78, 5) is 29.8. The van der Waals surface area contributed by atoms with Crippen molar-refractivity contribution >= 4 is 17.5 Å². The number of ether oxygens (including phenoxy) is 2. The van der Waals surface area contributed by atoms with Crippen LogP contribution in [0.2, 0.25) is 0 Å². The number of para-hydroxylation sites is 2. The molecule has 2 aliphatic rings. The fourth-order valence-corrected chi connectivity index (χ4v) is 4.02. The highest BCUT2D eigenvalue weighted by atomic mass is 16.5. The number of carbonyl (C=O) groups is 2. The van der Waals surface area contributed by atoms with Crippen molar-refractivity contribution in [1.82, 2.24) is 4.90 Å². The highest BCUT2D eigenvalue weighted by molar-refractivity contribution is 6.00. The van der Waals surface area contributed by atoms with Crippen molar-refractivity contribution in [3.05, 3.63) is 60.7 Å². The van der Waals surface area contributed by atoms with Crippen molar-refractivity contribution in [3.8, 4) is 5.75 Å². The molecular weight excluding hydrogens is 368 g/mol. The van der Waals surface area contributed by atoms with Gasteiger partial charge < -0.3 is 19.3 Å². The normalized spacial score (nSPS) is 22.4. The molecule has 1 spiro atoms. The van der Waals surface area contributed by atoms with E-state index in [-0.39, 0.29) is 25.0 Å². The van der Waals surface area contributed by atoms with Crippen LogP contribution in [0.1, 0.15) is 19.3 Å². The van der Waals surface area contributed by atoms with Crippen molar-refractivity contribution in [2.45, 2.75) is 24.9 Å². The van der Waals surface area contributed by atoms with Gasteiger partial charge in [0.05, 0.1) is 13.2 Å². The van der Waals surface area contributed by atoms with Gasteiger partial charge in [-0.1, -0.05) is 36.4 Å². The zero-order chi connectivity index (χ0) is 20.1. The molecule has 1 atom stereocenters. The summed E-state index contributed by atoms with van der Waals surface area (Å²) in [6, 6.07) is 18.9. The minimum atomic E-state index is -0.979. The second kappa shape index (κ2) is 8.66. The first-order chi connectivity index (χ1) is 14.2. The number of anilines is 1. The van der Waals surface area contributed by atoms with Crippen molar-refractivity contribution in [1.29, 1.82) is 0 Å². The summed E-state index contributed by atoms with van der Waals surface area (Å²) in [5.74, 6) is 0.479. The maximum absolute atomic E-state index is 13.5. The number of morpholine rings is 1. The van der Waals surface area contributed by atoms with Gasteiger partial charge in [0.25, 0.3) is 11.8 Å². The minimum Gasteiger partial charge on any atom is -0.484 e. The summed E-state index contributed by atoms with van der Waals surface area (Å²) in [5.41, 5.74) is -0.106. The molecule has 2 saturated heterocycles. The van der Waals surface area contributed by atoms with E-state index in [1.807, 2.05) is 60.7 Å². The first kappa shape index (κ1) is 19.5. The molecule has 2 amide bonds. The lowest BCUT2D eigenvalue weighted by Crippen LogP contribution is -2.61. The Labute approximate surface area is 171 Å². The number of hydrogen-bond acceptors (Lipinski definition) is 4. The standard InChI is InChI=1S/C23H26N2O4/c26-21(17-28-20-11-5-2-6-12-20)24-15-16-29-23(18-24)13-7-8-14-25(22(23)27)19-9-3-1-4-10-19/h1-6,9-12H,7-8,13-18H2. The van der Waals surface area contributed by atoms with E-state index in [0.717, 1.165) is 18.5 Å². The van der Waals surface area contributed by atoms with Gasteiger partial charge in [-0.3, -0.25) is 9.59 Å². The molecule has 4 rings (SSSR count). The highest BCUT2D eigenvalue weighted by Gasteiger charge is 2.48. The summed E-state index contributed by atoms with van der Waals surface area (Å²) < 4.78 is 11.7. The molecule has 152 valence electrons. The molecule has 29 heavy (non-hydrogen) atoms. The van der Waals surface area contributed by atoms with E-state index in [0.29, 0.717) is 31.9 Å². The number of amides is 2. The number of benzene rings is 2. The molecule has 0 bridgehead atoms. The van der Waals surface area contributed by atoms with Crippen molar-refractivity contribution in [3.63, 3.8) is 0 Å². The Bertz CT molecular complexity index is 842. The fourth-order valence-electron chi connectivity index (χ4n) is 4.02. The summed E-state index contributed by atoms with van der Waals surface area (Å²) in [5, 5.41) is 0. The van der Waals surface area contributed by atoms with Crippen molar-refractivity contribution in [2.24, 2.45) is 0 Å².